The molecule has 2 N–H and O–H groups in total. The summed E-state index contributed by atoms with van der Waals surface area (Å²) in [6, 6.07) is 10.2. The lowest BCUT2D eigenvalue weighted by molar-refractivity contribution is 0.413. The zero-order valence-corrected chi connectivity index (χ0v) is 13.1. The topological polar surface area (TPSA) is 54.6 Å². The number of para-hydroxylation sites is 2. The van der Waals surface area contributed by atoms with Gasteiger partial charge in [-0.05, 0) is 30.7 Å². The van der Waals surface area contributed by atoms with Gasteiger partial charge in [0, 0.05) is 26.2 Å². The first-order chi connectivity index (χ1) is 10.7. The predicted octanol–water partition coefficient (Wildman–Crippen LogP) is 2.31. The summed E-state index contributed by atoms with van der Waals surface area (Å²) >= 11 is 0. The number of methoxy groups -OCH3 is 1. The highest BCUT2D eigenvalue weighted by Crippen LogP contribution is 2.29. The summed E-state index contributed by atoms with van der Waals surface area (Å²) < 4.78 is 5.46. The molecule has 0 bridgehead atoms. The summed E-state index contributed by atoms with van der Waals surface area (Å²) in [7, 11) is 1.72. The molecule has 116 valence electrons. The number of piperazine rings is 1. The molecule has 1 aliphatic rings. The molecule has 0 spiro atoms. The van der Waals surface area contributed by atoms with Crippen LogP contribution in [0.2, 0.25) is 0 Å². The van der Waals surface area contributed by atoms with Crippen molar-refractivity contribution in [1.82, 2.24) is 4.98 Å². The lowest BCUT2D eigenvalue weighted by Gasteiger charge is -2.37. The molecular weight excluding hydrogens is 276 g/mol. The van der Waals surface area contributed by atoms with Gasteiger partial charge in [-0.15, -0.1) is 0 Å². The number of benzene rings is 1. The van der Waals surface area contributed by atoms with Crippen LogP contribution in [0.1, 0.15) is 5.56 Å². The minimum Gasteiger partial charge on any atom is -0.495 e. The molecule has 5 heteroatoms. The molecular formula is C17H22N4O. The van der Waals surface area contributed by atoms with E-state index in [0.717, 1.165) is 49.0 Å². The number of aryl methyl sites for hydroxylation is 1. The number of hydrogen-bond donors (Lipinski definition) is 1. The molecule has 0 unspecified atom stereocenters. The van der Waals surface area contributed by atoms with Crippen LogP contribution in [0, 0.1) is 6.92 Å². The molecule has 1 aromatic carbocycles. The first-order valence-corrected chi connectivity index (χ1v) is 7.54. The zero-order chi connectivity index (χ0) is 15.5. The van der Waals surface area contributed by atoms with Gasteiger partial charge in [-0.2, -0.15) is 0 Å². The van der Waals surface area contributed by atoms with Crippen molar-refractivity contribution in [1.29, 1.82) is 0 Å². The predicted molar refractivity (Wildman–Crippen MR) is 90.8 cm³/mol. The average Bonchev–Trinajstić information content (AvgIpc) is 2.55. The van der Waals surface area contributed by atoms with Crippen LogP contribution >= 0.6 is 0 Å². The Morgan fingerprint density at radius 2 is 1.77 bits per heavy atom. The summed E-state index contributed by atoms with van der Waals surface area (Å²) in [6.07, 6.45) is 1.73. The SMILES string of the molecule is COc1ccccc1N1CCN(c2ncc(N)cc2C)CC1. The molecule has 0 amide bonds. The van der Waals surface area contributed by atoms with Gasteiger partial charge in [0.15, 0.2) is 0 Å². The molecule has 0 saturated carbocycles. The summed E-state index contributed by atoms with van der Waals surface area (Å²) in [5.74, 6) is 1.96. The third kappa shape index (κ3) is 2.79. The van der Waals surface area contributed by atoms with Crippen molar-refractivity contribution in [3.8, 4) is 5.75 Å². The van der Waals surface area contributed by atoms with Gasteiger partial charge in [-0.25, -0.2) is 4.98 Å². The molecule has 0 aliphatic carbocycles. The standard InChI is InChI=1S/C17H22N4O/c1-13-11-14(18)12-19-17(13)21-9-7-20(8-10-21)15-5-3-4-6-16(15)22-2/h3-6,11-12H,7-10,18H2,1-2H3. The number of anilines is 3. The van der Waals surface area contributed by atoms with Crippen LogP contribution in [0.25, 0.3) is 0 Å². The molecule has 1 saturated heterocycles. The number of pyridine rings is 1. The van der Waals surface area contributed by atoms with Crippen LogP contribution < -0.4 is 20.3 Å². The van der Waals surface area contributed by atoms with Crippen LogP contribution in [0.5, 0.6) is 5.75 Å². The third-order valence-corrected chi connectivity index (χ3v) is 4.08. The number of rotatable bonds is 3. The number of ether oxygens (including phenoxy) is 1. The van der Waals surface area contributed by atoms with E-state index in [4.69, 9.17) is 10.5 Å². The normalized spacial score (nSPS) is 15.0. The molecule has 3 rings (SSSR count). The molecule has 0 radical (unpaired) electrons. The van der Waals surface area contributed by atoms with Crippen molar-refractivity contribution in [2.75, 3.05) is 48.8 Å². The number of nitrogen functional groups attached to an aromatic ring is 1. The Labute approximate surface area is 131 Å². The van der Waals surface area contributed by atoms with E-state index >= 15 is 0 Å². The van der Waals surface area contributed by atoms with E-state index < -0.39 is 0 Å². The molecule has 0 atom stereocenters. The maximum Gasteiger partial charge on any atom is 0.142 e. The van der Waals surface area contributed by atoms with Crippen molar-refractivity contribution in [3.63, 3.8) is 0 Å². The van der Waals surface area contributed by atoms with E-state index in [1.54, 1.807) is 13.3 Å². The van der Waals surface area contributed by atoms with Gasteiger partial charge < -0.3 is 20.3 Å². The van der Waals surface area contributed by atoms with Gasteiger partial charge in [-0.1, -0.05) is 12.1 Å². The quantitative estimate of drug-likeness (QED) is 0.942. The average molecular weight is 298 g/mol. The van der Waals surface area contributed by atoms with E-state index in [1.165, 1.54) is 0 Å². The summed E-state index contributed by atoms with van der Waals surface area (Å²) in [5.41, 5.74) is 8.79. The van der Waals surface area contributed by atoms with E-state index in [0.29, 0.717) is 5.69 Å². The molecule has 5 nitrogen and oxygen atoms in total. The van der Waals surface area contributed by atoms with Gasteiger partial charge in [0.05, 0.1) is 24.7 Å². The van der Waals surface area contributed by atoms with E-state index in [-0.39, 0.29) is 0 Å². The van der Waals surface area contributed by atoms with Gasteiger partial charge in [-0.3, -0.25) is 0 Å². The fourth-order valence-corrected chi connectivity index (χ4v) is 2.97. The number of hydrogen-bond acceptors (Lipinski definition) is 5. The summed E-state index contributed by atoms with van der Waals surface area (Å²) in [6.45, 7) is 5.84. The second kappa shape index (κ2) is 6.13. The van der Waals surface area contributed by atoms with Gasteiger partial charge in [0.2, 0.25) is 0 Å². The lowest BCUT2D eigenvalue weighted by atomic mass is 10.2. The van der Waals surface area contributed by atoms with E-state index in [2.05, 4.69) is 33.8 Å². The van der Waals surface area contributed by atoms with Crippen molar-refractivity contribution < 1.29 is 4.74 Å². The second-order valence-electron chi connectivity index (χ2n) is 5.56. The smallest absolute Gasteiger partial charge is 0.142 e. The fourth-order valence-electron chi connectivity index (χ4n) is 2.97. The fraction of sp³-hybridized carbons (Fsp3) is 0.353. The molecule has 1 fully saturated rings. The Hall–Kier alpha value is -2.43. The van der Waals surface area contributed by atoms with E-state index in [1.807, 2.05) is 18.2 Å². The Morgan fingerprint density at radius 3 is 2.45 bits per heavy atom. The molecule has 22 heavy (non-hydrogen) atoms. The van der Waals surface area contributed by atoms with Gasteiger partial charge in [0.25, 0.3) is 0 Å². The highest BCUT2D eigenvalue weighted by atomic mass is 16.5. The van der Waals surface area contributed by atoms with Crippen molar-refractivity contribution in [2.45, 2.75) is 6.92 Å². The Morgan fingerprint density at radius 1 is 1.09 bits per heavy atom. The van der Waals surface area contributed by atoms with Crippen LogP contribution in [0.4, 0.5) is 17.2 Å². The Balaban J connectivity index is 1.72. The first-order valence-electron chi connectivity index (χ1n) is 7.54. The number of nitrogens with zero attached hydrogens (tertiary/aromatic N) is 3. The molecule has 1 aliphatic heterocycles. The van der Waals surface area contributed by atoms with Gasteiger partial charge in [0.1, 0.15) is 11.6 Å². The highest BCUT2D eigenvalue weighted by Gasteiger charge is 2.21. The Bertz CT molecular complexity index is 651. The molecule has 1 aromatic heterocycles. The minimum atomic E-state index is 0.717. The summed E-state index contributed by atoms with van der Waals surface area (Å²) in [5, 5.41) is 0. The second-order valence-corrected chi connectivity index (χ2v) is 5.56. The van der Waals surface area contributed by atoms with Crippen LogP contribution in [-0.4, -0.2) is 38.3 Å². The molecule has 2 aromatic rings. The lowest BCUT2D eigenvalue weighted by Crippen LogP contribution is -2.47. The third-order valence-electron chi connectivity index (χ3n) is 4.08. The van der Waals surface area contributed by atoms with Crippen molar-refractivity contribution in [2.24, 2.45) is 0 Å². The maximum absolute atomic E-state index is 5.78. The van der Waals surface area contributed by atoms with Crippen LogP contribution in [-0.2, 0) is 0 Å². The van der Waals surface area contributed by atoms with Crippen LogP contribution in [0.3, 0.4) is 0 Å². The first kappa shape index (κ1) is 14.5. The number of nitrogens with two attached hydrogens (primary N) is 1. The highest BCUT2D eigenvalue weighted by molar-refractivity contribution is 5.60. The number of aromatic nitrogens is 1. The van der Waals surface area contributed by atoms with Crippen LogP contribution in [0.15, 0.2) is 36.5 Å². The largest absolute Gasteiger partial charge is 0.495 e. The van der Waals surface area contributed by atoms with E-state index in [9.17, 15) is 0 Å². The van der Waals surface area contributed by atoms with Crippen molar-refractivity contribution >= 4 is 17.2 Å². The zero-order valence-electron chi connectivity index (χ0n) is 13.1. The monoisotopic (exact) mass is 298 g/mol. The van der Waals surface area contributed by atoms with Gasteiger partial charge >= 0.3 is 0 Å². The van der Waals surface area contributed by atoms with Crippen molar-refractivity contribution in [3.05, 3.63) is 42.1 Å². The minimum absolute atomic E-state index is 0.717. The Kier molecular flexibility index (Phi) is 4.04. The maximum atomic E-state index is 5.78. The summed E-state index contributed by atoms with van der Waals surface area (Å²) in [4.78, 5) is 9.17. The molecule has 2 heterocycles.